The molecule has 0 aliphatic rings. The Morgan fingerprint density at radius 1 is 1.00 bits per heavy atom. The summed E-state index contributed by atoms with van der Waals surface area (Å²) in [7, 11) is 0. The van der Waals surface area contributed by atoms with Crippen LogP contribution in [0, 0.1) is 6.92 Å². The summed E-state index contributed by atoms with van der Waals surface area (Å²) < 4.78 is 1.38. The fourth-order valence-corrected chi connectivity index (χ4v) is 2.81. The average Bonchev–Trinajstić information content (AvgIpc) is 2.65. The largest absolute Gasteiger partial charge is 0.144 e. The molecule has 1 aromatic heterocycles. The third-order valence-electron chi connectivity index (χ3n) is 2.68. The molecular formula is C13H10S. The summed E-state index contributed by atoms with van der Waals surface area (Å²) in [6, 6.07) is 13.1. The van der Waals surface area contributed by atoms with Crippen molar-refractivity contribution in [2.45, 2.75) is 6.92 Å². The van der Waals surface area contributed by atoms with Gasteiger partial charge in [0.25, 0.3) is 0 Å². The third kappa shape index (κ3) is 0.992. The normalized spacial score (nSPS) is 11.2. The van der Waals surface area contributed by atoms with Crippen molar-refractivity contribution in [1.82, 2.24) is 0 Å². The number of rotatable bonds is 0. The molecule has 0 nitrogen and oxygen atoms in total. The summed E-state index contributed by atoms with van der Waals surface area (Å²) in [5.74, 6) is 0. The van der Waals surface area contributed by atoms with Crippen molar-refractivity contribution < 1.29 is 0 Å². The van der Waals surface area contributed by atoms with E-state index in [1.807, 2.05) is 11.3 Å². The summed E-state index contributed by atoms with van der Waals surface area (Å²) in [6.45, 7) is 2.18. The van der Waals surface area contributed by atoms with Crippen LogP contribution < -0.4 is 0 Å². The van der Waals surface area contributed by atoms with Gasteiger partial charge in [-0.15, -0.1) is 11.3 Å². The van der Waals surface area contributed by atoms with E-state index in [0.29, 0.717) is 0 Å². The highest BCUT2D eigenvalue weighted by Crippen LogP contribution is 2.30. The highest BCUT2D eigenvalue weighted by molar-refractivity contribution is 7.17. The predicted octanol–water partition coefficient (Wildman–Crippen LogP) is 4.36. The fraction of sp³-hybridized carbons (Fsp3) is 0.0769. The number of aryl methyl sites for hydroxylation is 1. The van der Waals surface area contributed by atoms with Crippen LogP contribution in [0.5, 0.6) is 0 Å². The molecule has 0 saturated heterocycles. The van der Waals surface area contributed by atoms with Gasteiger partial charge in [0, 0.05) is 10.1 Å². The van der Waals surface area contributed by atoms with Crippen molar-refractivity contribution in [3.8, 4) is 0 Å². The smallest absolute Gasteiger partial charge is 0.0349 e. The Morgan fingerprint density at radius 3 is 2.86 bits per heavy atom. The van der Waals surface area contributed by atoms with Crippen molar-refractivity contribution in [1.29, 1.82) is 0 Å². The second-order valence-electron chi connectivity index (χ2n) is 3.57. The molecule has 0 atom stereocenters. The van der Waals surface area contributed by atoms with Gasteiger partial charge in [-0.25, -0.2) is 0 Å². The minimum absolute atomic E-state index is 1.34. The number of hydrogen-bond acceptors (Lipinski definition) is 1. The maximum atomic E-state index is 2.22. The summed E-state index contributed by atoms with van der Waals surface area (Å²) in [6.07, 6.45) is 0. The van der Waals surface area contributed by atoms with E-state index in [0.717, 1.165) is 0 Å². The highest BCUT2D eigenvalue weighted by atomic mass is 32.1. The average molecular weight is 198 g/mol. The second kappa shape index (κ2) is 2.82. The molecule has 3 aromatic rings. The van der Waals surface area contributed by atoms with Crippen LogP contribution in [-0.4, -0.2) is 0 Å². The molecule has 1 heteroatoms. The first-order valence-electron chi connectivity index (χ1n) is 4.72. The molecule has 14 heavy (non-hydrogen) atoms. The van der Waals surface area contributed by atoms with Crippen LogP contribution in [0.15, 0.2) is 41.8 Å². The fourth-order valence-electron chi connectivity index (χ4n) is 2.02. The Morgan fingerprint density at radius 2 is 1.93 bits per heavy atom. The van der Waals surface area contributed by atoms with E-state index in [-0.39, 0.29) is 0 Å². The van der Waals surface area contributed by atoms with Crippen LogP contribution >= 0.6 is 11.3 Å². The van der Waals surface area contributed by atoms with E-state index in [4.69, 9.17) is 0 Å². The zero-order valence-corrected chi connectivity index (χ0v) is 8.77. The van der Waals surface area contributed by atoms with E-state index in [9.17, 15) is 0 Å². The summed E-state index contributed by atoms with van der Waals surface area (Å²) in [5, 5.41) is 6.31. The standard InChI is InChI=1S/C13H10S/c1-9-3-2-4-10-5-6-12-11(13(9)10)7-8-14-12/h2-8H,1H3. The SMILES string of the molecule is Cc1cccc2ccc3sccc3c12. The van der Waals surface area contributed by atoms with Gasteiger partial charge in [0.15, 0.2) is 0 Å². The molecule has 0 saturated carbocycles. The van der Waals surface area contributed by atoms with E-state index < -0.39 is 0 Å². The number of thiophene rings is 1. The van der Waals surface area contributed by atoms with Crippen LogP contribution in [0.25, 0.3) is 20.9 Å². The monoisotopic (exact) mass is 198 g/mol. The van der Waals surface area contributed by atoms with Crippen molar-refractivity contribution in [3.05, 3.63) is 47.3 Å². The van der Waals surface area contributed by atoms with E-state index in [2.05, 4.69) is 48.7 Å². The van der Waals surface area contributed by atoms with Gasteiger partial charge in [0.05, 0.1) is 0 Å². The maximum Gasteiger partial charge on any atom is 0.0349 e. The number of fused-ring (bicyclic) bond motifs is 3. The lowest BCUT2D eigenvalue weighted by Crippen LogP contribution is -1.77. The Bertz CT molecular complexity index is 605. The molecule has 3 rings (SSSR count). The molecule has 0 aliphatic heterocycles. The number of benzene rings is 2. The minimum Gasteiger partial charge on any atom is -0.144 e. The molecule has 0 radical (unpaired) electrons. The van der Waals surface area contributed by atoms with Gasteiger partial charge < -0.3 is 0 Å². The van der Waals surface area contributed by atoms with Crippen LogP contribution in [0.4, 0.5) is 0 Å². The molecule has 68 valence electrons. The van der Waals surface area contributed by atoms with Gasteiger partial charge in [-0.2, -0.15) is 0 Å². The van der Waals surface area contributed by atoms with Gasteiger partial charge in [-0.05, 0) is 40.8 Å². The molecule has 1 heterocycles. The topological polar surface area (TPSA) is 0 Å². The lowest BCUT2D eigenvalue weighted by Gasteiger charge is -2.02. The van der Waals surface area contributed by atoms with E-state index in [1.165, 1.54) is 26.4 Å². The lowest BCUT2D eigenvalue weighted by atomic mass is 10.0. The zero-order valence-electron chi connectivity index (χ0n) is 7.95. The molecule has 0 aliphatic carbocycles. The third-order valence-corrected chi connectivity index (χ3v) is 3.57. The molecule has 0 fully saturated rings. The summed E-state index contributed by atoms with van der Waals surface area (Å²) in [5.41, 5.74) is 1.37. The first kappa shape index (κ1) is 8.01. The van der Waals surface area contributed by atoms with Crippen LogP contribution in [-0.2, 0) is 0 Å². The number of hydrogen-bond donors (Lipinski definition) is 0. The Labute approximate surface area is 86.8 Å². The van der Waals surface area contributed by atoms with Gasteiger partial charge in [-0.1, -0.05) is 24.3 Å². The zero-order chi connectivity index (χ0) is 9.54. The summed E-state index contributed by atoms with van der Waals surface area (Å²) >= 11 is 1.81. The lowest BCUT2D eigenvalue weighted by molar-refractivity contribution is 1.55. The van der Waals surface area contributed by atoms with E-state index in [1.54, 1.807) is 0 Å². The van der Waals surface area contributed by atoms with Gasteiger partial charge >= 0.3 is 0 Å². The molecular weight excluding hydrogens is 188 g/mol. The molecule has 0 amide bonds. The quantitative estimate of drug-likeness (QED) is 0.503. The maximum absolute atomic E-state index is 2.22. The summed E-state index contributed by atoms with van der Waals surface area (Å²) in [4.78, 5) is 0. The van der Waals surface area contributed by atoms with Gasteiger partial charge in [0.2, 0.25) is 0 Å². The molecule has 0 N–H and O–H groups in total. The molecule has 0 unspecified atom stereocenters. The van der Waals surface area contributed by atoms with Crippen LogP contribution in [0.2, 0.25) is 0 Å². The highest BCUT2D eigenvalue weighted by Gasteiger charge is 2.02. The first-order chi connectivity index (χ1) is 6.86. The second-order valence-corrected chi connectivity index (χ2v) is 4.52. The van der Waals surface area contributed by atoms with E-state index >= 15 is 0 Å². The molecule has 2 aromatic carbocycles. The Kier molecular flexibility index (Phi) is 1.62. The molecule has 0 spiro atoms. The van der Waals surface area contributed by atoms with Gasteiger partial charge in [0.1, 0.15) is 0 Å². The van der Waals surface area contributed by atoms with Gasteiger partial charge in [-0.3, -0.25) is 0 Å². The Balaban J connectivity index is 2.67. The van der Waals surface area contributed by atoms with Crippen LogP contribution in [0.3, 0.4) is 0 Å². The van der Waals surface area contributed by atoms with Crippen molar-refractivity contribution >= 4 is 32.2 Å². The molecule has 0 bridgehead atoms. The van der Waals surface area contributed by atoms with Crippen LogP contribution in [0.1, 0.15) is 5.56 Å². The van der Waals surface area contributed by atoms with Crippen molar-refractivity contribution in [2.75, 3.05) is 0 Å². The first-order valence-corrected chi connectivity index (χ1v) is 5.60. The van der Waals surface area contributed by atoms with Crippen molar-refractivity contribution in [3.63, 3.8) is 0 Å². The Hall–Kier alpha value is -1.34. The minimum atomic E-state index is 1.34. The van der Waals surface area contributed by atoms with Crippen molar-refractivity contribution in [2.24, 2.45) is 0 Å². The predicted molar refractivity (Wildman–Crippen MR) is 64.1 cm³/mol.